The van der Waals surface area contributed by atoms with E-state index in [4.69, 9.17) is 0 Å². The molecule has 1 aromatic rings. The minimum Gasteiger partial charge on any atom is -0.507 e. The number of halogens is 1. The molecule has 1 atom stereocenters. The molecule has 0 saturated heterocycles. The molecule has 118 valence electrons. The second kappa shape index (κ2) is 9.05. The van der Waals surface area contributed by atoms with Crippen molar-refractivity contribution in [3.63, 3.8) is 0 Å². The zero-order valence-electron chi connectivity index (χ0n) is 13.0. The number of benzene rings is 1. The molecule has 0 radical (unpaired) electrons. The van der Waals surface area contributed by atoms with Gasteiger partial charge in [0.05, 0.1) is 4.47 Å². The number of amides is 1. The third-order valence-corrected chi connectivity index (χ3v) is 4.26. The summed E-state index contributed by atoms with van der Waals surface area (Å²) in [4.78, 5) is 14.5. The number of carbonyl (C=O) groups excluding carboxylic acids is 1. The third kappa shape index (κ3) is 6.06. The van der Waals surface area contributed by atoms with Gasteiger partial charge in [-0.3, -0.25) is 4.79 Å². The quantitative estimate of drug-likeness (QED) is 0.750. The minimum absolute atomic E-state index is 0.0804. The van der Waals surface area contributed by atoms with Gasteiger partial charge in [-0.05, 0) is 73.5 Å². The number of aromatic hydroxyl groups is 1. The van der Waals surface area contributed by atoms with Crippen LogP contribution in [-0.4, -0.2) is 41.6 Å². The molecule has 1 aromatic carbocycles. The number of hydrogen-bond acceptors (Lipinski definition) is 3. The van der Waals surface area contributed by atoms with Crippen LogP contribution in [-0.2, 0) is 0 Å². The van der Waals surface area contributed by atoms with Crippen molar-refractivity contribution in [3.05, 3.63) is 28.2 Å². The first-order valence-electron chi connectivity index (χ1n) is 7.49. The molecule has 1 unspecified atom stereocenters. The van der Waals surface area contributed by atoms with E-state index in [0.29, 0.717) is 10.0 Å². The summed E-state index contributed by atoms with van der Waals surface area (Å²) in [6.45, 7) is 9.53. The third-order valence-electron chi connectivity index (χ3n) is 3.59. The maximum atomic E-state index is 12.1. The van der Waals surface area contributed by atoms with Crippen LogP contribution in [0.3, 0.4) is 0 Å². The van der Waals surface area contributed by atoms with Gasteiger partial charge in [-0.25, -0.2) is 0 Å². The lowest BCUT2D eigenvalue weighted by Gasteiger charge is -2.19. The molecule has 0 bridgehead atoms. The Balaban J connectivity index is 2.41. The maximum Gasteiger partial charge on any atom is 0.251 e. The lowest BCUT2D eigenvalue weighted by Crippen LogP contribution is -2.33. The first kappa shape index (κ1) is 18.0. The molecular weight excluding hydrogens is 332 g/mol. The summed E-state index contributed by atoms with van der Waals surface area (Å²) in [6.07, 6.45) is 2.01. The molecule has 0 aliphatic heterocycles. The molecule has 2 N–H and O–H groups in total. The summed E-state index contributed by atoms with van der Waals surface area (Å²) in [5.41, 5.74) is 0.478. The zero-order valence-corrected chi connectivity index (χ0v) is 14.6. The Hall–Kier alpha value is -1.07. The van der Waals surface area contributed by atoms with E-state index in [0.717, 1.165) is 32.5 Å². The van der Waals surface area contributed by atoms with Crippen LogP contribution in [0.25, 0.3) is 0 Å². The van der Waals surface area contributed by atoms with Gasteiger partial charge in [-0.15, -0.1) is 0 Å². The van der Waals surface area contributed by atoms with E-state index in [2.05, 4.69) is 40.0 Å². The summed E-state index contributed by atoms with van der Waals surface area (Å²) in [5.74, 6) is -0.0648. The first-order valence-corrected chi connectivity index (χ1v) is 8.28. The number of hydrogen-bond donors (Lipinski definition) is 2. The van der Waals surface area contributed by atoms with Crippen LogP contribution in [0.4, 0.5) is 0 Å². The van der Waals surface area contributed by atoms with Crippen molar-refractivity contribution in [1.29, 1.82) is 0 Å². The van der Waals surface area contributed by atoms with Gasteiger partial charge in [0, 0.05) is 11.6 Å². The van der Waals surface area contributed by atoms with Crippen LogP contribution < -0.4 is 5.32 Å². The highest BCUT2D eigenvalue weighted by molar-refractivity contribution is 9.10. The van der Waals surface area contributed by atoms with Crippen LogP contribution in [0.5, 0.6) is 5.75 Å². The summed E-state index contributed by atoms with van der Waals surface area (Å²) in [6, 6.07) is 4.97. The number of carbonyl (C=O) groups is 1. The van der Waals surface area contributed by atoms with Crippen LogP contribution >= 0.6 is 15.9 Å². The highest BCUT2D eigenvalue weighted by Gasteiger charge is 2.11. The van der Waals surface area contributed by atoms with E-state index in [1.165, 1.54) is 6.07 Å². The largest absolute Gasteiger partial charge is 0.507 e. The van der Waals surface area contributed by atoms with E-state index in [9.17, 15) is 9.90 Å². The summed E-state index contributed by atoms with van der Waals surface area (Å²) in [7, 11) is 0. The molecule has 0 aliphatic carbocycles. The Morgan fingerprint density at radius 1 is 1.38 bits per heavy atom. The average Bonchev–Trinajstić information content (AvgIpc) is 2.46. The molecule has 0 aliphatic rings. The number of nitrogens with one attached hydrogen (secondary N) is 1. The Labute approximate surface area is 135 Å². The van der Waals surface area contributed by atoms with Crippen molar-refractivity contribution < 1.29 is 9.90 Å². The molecule has 0 fully saturated rings. The van der Waals surface area contributed by atoms with E-state index in [1.807, 2.05) is 6.92 Å². The first-order chi connectivity index (χ1) is 9.97. The fraction of sp³-hybridized carbons (Fsp3) is 0.562. The second-order valence-electron chi connectivity index (χ2n) is 5.21. The van der Waals surface area contributed by atoms with E-state index in [-0.39, 0.29) is 17.7 Å². The SMILES string of the molecule is CCN(CC)CCCC(C)NC(=O)c1ccc(Br)c(O)c1. The Morgan fingerprint density at radius 2 is 2.05 bits per heavy atom. The molecule has 0 saturated carbocycles. The van der Waals surface area contributed by atoms with Crippen LogP contribution in [0.2, 0.25) is 0 Å². The standard InChI is InChI=1S/C16H25BrN2O2/c1-4-19(5-2)10-6-7-12(3)18-16(21)13-8-9-14(17)15(20)11-13/h8-9,11-12,20H,4-7,10H2,1-3H3,(H,18,21). The highest BCUT2D eigenvalue weighted by atomic mass is 79.9. The van der Waals surface area contributed by atoms with Gasteiger partial charge in [-0.2, -0.15) is 0 Å². The van der Waals surface area contributed by atoms with Crippen molar-refractivity contribution in [3.8, 4) is 5.75 Å². The van der Waals surface area contributed by atoms with Crippen LogP contribution in [0, 0.1) is 0 Å². The lowest BCUT2D eigenvalue weighted by atomic mass is 10.1. The normalized spacial score (nSPS) is 12.4. The van der Waals surface area contributed by atoms with Gasteiger partial charge >= 0.3 is 0 Å². The molecule has 1 rings (SSSR count). The van der Waals surface area contributed by atoms with E-state index >= 15 is 0 Å². The van der Waals surface area contributed by atoms with Crippen molar-refractivity contribution >= 4 is 21.8 Å². The van der Waals surface area contributed by atoms with Gasteiger partial charge < -0.3 is 15.3 Å². The van der Waals surface area contributed by atoms with Gasteiger partial charge in [-0.1, -0.05) is 13.8 Å². The maximum absolute atomic E-state index is 12.1. The number of rotatable bonds is 8. The van der Waals surface area contributed by atoms with Crippen molar-refractivity contribution in [2.45, 2.75) is 39.7 Å². The minimum atomic E-state index is -0.145. The predicted molar refractivity (Wildman–Crippen MR) is 89.8 cm³/mol. The van der Waals surface area contributed by atoms with Crippen molar-refractivity contribution in [2.24, 2.45) is 0 Å². The fourth-order valence-corrected chi connectivity index (χ4v) is 2.44. The fourth-order valence-electron chi connectivity index (χ4n) is 2.19. The number of phenols is 1. The predicted octanol–water partition coefficient (Wildman–Crippen LogP) is 3.40. The molecule has 0 heterocycles. The van der Waals surface area contributed by atoms with Crippen molar-refractivity contribution in [2.75, 3.05) is 19.6 Å². The van der Waals surface area contributed by atoms with Crippen molar-refractivity contribution in [1.82, 2.24) is 10.2 Å². The van der Waals surface area contributed by atoms with E-state index in [1.54, 1.807) is 12.1 Å². The molecule has 21 heavy (non-hydrogen) atoms. The number of nitrogens with zero attached hydrogens (tertiary/aromatic N) is 1. The Bertz CT molecular complexity index is 462. The monoisotopic (exact) mass is 356 g/mol. The molecule has 1 amide bonds. The molecule has 5 heteroatoms. The molecule has 0 spiro atoms. The zero-order chi connectivity index (χ0) is 15.8. The Kier molecular flexibility index (Phi) is 7.75. The van der Waals surface area contributed by atoms with Crippen LogP contribution in [0.15, 0.2) is 22.7 Å². The summed E-state index contributed by atoms with van der Waals surface area (Å²) >= 11 is 3.20. The van der Waals surface area contributed by atoms with E-state index < -0.39 is 0 Å². The molecule has 4 nitrogen and oxygen atoms in total. The Morgan fingerprint density at radius 3 is 2.62 bits per heavy atom. The average molecular weight is 357 g/mol. The summed E-state index contributed by atoms with van der Waals surface area (Å²) < 4.78 is 0.589. The summed E-state index contributed by atoms with van der Waals surface area (Å²) in [5, 5.41) is 12.6. The topological polar surface area (TPSA) is 52.6 Å². The van der Waals surface area contributed by atoms with Gasteiger partial charge in [0.15, 0.2) is 0 Å². The smallest absolute Gasteiger partial charge is 0.251 e. The molecular formula is C16H25BrN2O2. The lowest BCUT2D eigenvalue weighted by molar-refractivity contribution is 0.0937. The highest BCUT2D eigenvalue weighted by Crippen LogP contribution is 2.24. The number of phenolic OH excluding ortho intramolecular Hbond substituents is 1. The van der Waals surface area contributed by atoms with Gasteiger partial charge in [0.1, 0.15) is 5.75 Å². The van der Waals surface area contributed by atoms with Gasteiger partial charge in [0.2, 0.25) is 0 Å². The van der Waals surface area contributed by atoms with Gasteiger partial charge in [0.25, 0.3) is 5.91 Å². The molecule has 0 aromatic heterocycles. The van der Waals surface area contributed by atoms with Crippen LogP contribution in [0.1, 0.15) is 44.0 Å². The second-order valence-corrected chi connectivity index (χ2v) is 6.06.